The first-order valence-corrected chi connectivity index (χ1v) is 6.87. The minimum Gasteiger partial charge on any atom is -0.481 e. The molecule has 106 valence electrons. The molecule has 0 aliphatic heterocycles. The first-order chi connectivity index (χ1) is 9.54. The normalized spacial score (nSPS) is 12.3. The van der Waals surface area contributed by atoms with E-state index in [-0.39, 0.29) is 0 Å². The standard InChI is InChI=1S/C15H17ClN2O2/c1-18-10-12(9-17-18)5-6-13(15(19)20)7-11-3-2-4-14(16)8-11/h2-4,8-10,13H,5-7H2,1H3,(H,19,20). The molecule has 0 amide bonds. The van der Waals surface area contributed by atoms with E-state index >= 15 is 0 Å². The van der Waals surface area contributed by atoms with Crippen LogP contribution in [0.15, 0.2) is 36.7 Å². The van der Waals surface area contributed by atoms with Crippen LogP contribution in [0.5, 0.6) is 0 Å². The maximum Gasteiger partial charge on any atom is 0.306 e. The lowest BCUT2D eigenvalue weighted by atomic mass is 9.94. The Morgan fingerprint density at radius 2 is 2.25 bits per heavy atom. The van der Waals surface area contributed by atoms with E-state index in [2.05, 4.69) is 5.10 Å². The van der Waals surface area contributed by atoms with Gasteiger partial charge in [-0.1, -0.05) is 23.7 Å². The van der Waals surface area contributed by atoms with Gasteiger partial charge in [0.05, 0.1) is 12.1 Å². The number of aryl methyl sites for hydroxylation is 2. The predicted molar refractivity (Wildman–Crippen MR) is 77.8 cm³/mol. The Hall–Kier alpha value is -1.81. The van der Waals surface area contributed by atoms with Gasteiger partial charge < -0.3 is 5.11 Å². The van der Waals surface area contributed by atoms with Crippen molar-refractivity contribution < 1.29 is 9.90 Å². The number of aromatic nitrogens is 2. The number of nitrogens with zero attached hydrogens (tertiary/aromatic N) is 2. The summed E-state index contributed by atoms with van der Waals surface area (Å²) in [6.45, 7) is 0. The van der Waals surface area contributed by atoms with Crippen LogP contribution < -0.4 is 0 Å². The molecule has 0 saturated heterocycles. The molecule has 1 N–H and O–H groups in total. The summed E-state index contributed by atoms with van der Waals surface area (Å²) in [7, 11) is 1.85. The van der Waals surface area contributed by atoms with Crippen LogP contribution in [0.25, 0.3) is 0 Å². The minimum absolute atomic E-state index is 0.409. The molecule has 1 unspecified atom stereocenters. The summed E-state index contributed by atoms with van der Waals surface area (Å²) >= 11 is 5.93. The molecule has 0 spiro atoms. The highest BCUT2D eigenvalue weighted by atomic mass is 35.5. The number of benzene rings is 1. The zero-order valence-corrected chi connectivity index (χ0v) is 12.0. The second-order valence-corrected chi connectivity index (χ2v) is 5.37. The molecule has 4 nitrogen and oxygen atoms in total. The van der Waals surface area contributed by atoms with Gasteiger partial charge in [-0.25, -0.2) is 0 Å². The molecular formula is C15H17ClN2O2. The highest BCUT2D eigenvalue weighted by Gasteiger charge is 2.18. The largest absolute Gasteiger partial charge is 0.481 e. The van der Waals surface area contributed by atoms with Gasteiger partial charge in [0, 0.05) is 18.3 Å². The molecule has 1 heterocycles. The van der Waals surface area contributed by atoms with E-state index in [1.165, 1.54) is 0 Å². The third kappa shape index (κ3) is 4.10. The number of aliphatic carboxylic acids is 1. The van der Waals surface area contributed by atoms with Crippen LogP contribution in [0, 0.1) is 5.92 Å². The Labute approximate surface area is 123 Å². The highest BCUT2D eigenvalue weighted by Crippen LogP contribution is 2.18. The van der Waals surface area contributed by atoms with Gasteiger partial charge in [0.1, 0.15) is 0 Å². The molecule has 1 aromatic heterocycles. The van der Waals surface area contributed by atoms with Gasteiger partial charge >= 0.3 is 5.97 Å². The number of hydrogen-bond acceptors (Lipinski definition) is 2. The number of rotatable bonds is 6. The lowest BCUT2D eigenvalue weighted by Crippen LogP contribution is -2.17. The van der Waals surface area contributed by atoms with Gasteiger partial charge in [-0.2, -0.15) is 5.10 Å². The molecule has 0 aliphatic carbocycles. The fourth-order valence-electron chi connectivity index (χ4n) is 2.20. The maximum absolute atomic E-state index is 11.4. The second-order valence-electron chi connectivity index (χ2n) is 4.93. The van der Waals surface area contributed by atoms with Crippen LogP contribution >= 0.6 is 11.6 Å². The Bertz CT molecular complexity index is 595. The Balaban J connectivity index is 1.98. The summed E-state index contributed by atoms with van der Waals surface area (Å²) < 4.78 is 1.72. The van der Waals surface area contributed by atoms with Crippen LogP contribution in [-0.2, 0) is 24.7 Å². The van der Waals surface area contributed by atoms with Gasteiger partial charge in [-0.3, -0.25) is 9.48 Å². The topological polar surface area (TPSA) is 55.1 Å². The summed E-state index contributed by atoms with van der Waals surface area (Å²) in [6, 6.07) is 7.36. The van der Waals surface area contributed by atoms with Gasteiger partial charge in [0.2, 0.25) is 0 Å². The third-order valence-electron chi connectivity index (χ3n) is 3.26. The number of carboxylic acid groups (broad SMARTS) is 1. The molecule has 20 heavy (non-hydrogen) atoms. The number of carboxylic acids is 1. The van der Waals surface area contributed by atoms with Crippen molar-refractivity contribution in [1.29, 1.82) is 0 Å². The van der Waals surface area contributed by atoms with E-state index in [1.54, 1.807) is 16.9 Å². The Morgan fingerprint density at radius 3 is 2.85 bits per heavy atom. The van der Waals surface area contributed by atoms with E-state index in [0.717, 1.165) is 11.1 Å². The molecule has 0 bridgehead atoms. The van der Waals surface area contributed by atoms with Crippen LogP contribution in [0.1, 0.15) is 17.5 Å². The summed E-state index contributed by atoms with van der Waals surface area (Å²) in [5.74, 6) is -1.18. The second kappa shape index (κ2) is 6.57. The van der Waals surface area contributed by atoms with Crippen molar-refractivity contribution in [3.05, 3.63) is 52.8 Å². The lowest BCUT2D eigenvalue weighted by Gasteiger charge is -2.12. The molecule has 2 aromatic rings. The SMILES string of the molecule is Cn1cc(CCC(Cc2cccc(Cl)c2)C(=O)O)cn1. The molecular weight excluding hydrogens is 276 g/mol. The number of halogens is 1. The minimum atomic E-state index is -0.770. The molecule has 5 heteroatoms. The van der Waals surface area contributed by atoms with Gasteiger partial charge in [0.25, 0.3) is 0 Å². The fourth-order valence-corrected chi connectivity index (χ4v) is 2.42. The molecule has 1 atom stereocenters. The molecule has 0 fully saturated rings. The zero-order chi connectivity index (χ0) is 14.5. The van der Waals surface area contributed by atoms with Crippen molar-refractivity contribution in [3.8, 4) is 0 Å². The fraction of sp³-hybridized carbons (Fsp3) is 0.333. The van der Waals surface area contributed by atoms with Crippen LogP contribution in [0.4, 0.5) is 0 Å². The quantitative estimate of drug-likeness (QED) is 0.890. The number of hydrogen-bond donors (Lipinski definition) is 1. The summed E-state index contributed by atoms with van der Waals surface area (Å²) in [4.78, 5) is 11.4. The molecule has 1 aromatic carbocycles. The first-order valence-electron chi connectivity index (χ1n) is 6.49. The number of carbonyl (C=O) groups is 1. The molecule has 0 aliphatic rings. The van der Waals surface area contributed by atoms with Crippen molar-refractivity contribution in [3.63, 3.8) is 0 Å². The van der Waals surface area contributed by atoms with E-state index < -0.39 is 11.9 Å². The van der Waals surface area contributed by atoms with E-state index in [4.69, 9.17) is 11.6 Å². The first kappa shape index (κ1) is 14.6. The smallest absolute Gasteiger partial charge is 0.306 e. The third-order valence-corrected chi connectivity index (χ3v) is 3.50. The van der Waals surface area contributed by atoms with Gasteiger partial charge in [-0.05, 0) is 42.5 Å². The van der Waals surface area contributed by atoms with Crippen LogP contribution in [-0.4, -0.2) is 20.9 Å². The lowest BCUT2D eigenvalue weighted by molar-refractivity contribution is -0.141. The van der Waals surface area contributed by atoms with E-state index in [1.807, 2.05) is 31.4 Å². The van der Waals surface area contributed by atoms with Gasteiger partial charge in [0.15, 0.2) is 0 Å². The van der Waals surface area contributed by atoms with Crippen molar-refractivity contribution in [2.75, 3.05) is 0 Å². The molecule has 0 radical (unpaired) electrons. The summed E-state index contributed by atoms with van der Waals surface area (Å²) in [5, 5.41) is 14.1. The zero-order valence-electron chi connectivity index (χ0n) is 11.3. The maximum atomic E-state index is 11.4. The summed E-state index contributed by atoms with van der Waals surface area (Å²) in [6.07, 6.45) is 5.49. The van der Waals surface area contributed by atoms with Crippen molar-refractivity contribution in [1.82, 2.24) is 9.78 Å². The predicted octanol–water partition coefficient (Wildman–Crippen LogP) is 2.95. The summed E-state index contributed by atoms with van der Waals surface area (Å²) in [5.41, 5.74) is 2.01. The highest BCUT2D eigenvalue weighted by molar-refractivity contribution is 6.30. The Kier molecular flexibility index (Phi) is 4.79. The van der Waals surface area contributed by atoms with Crippen LogP contribution in [0.3, 0.4) is 0 Å². The Morgan fingerprint density at radius 1 is 1.45 bits per heavy atom. The van der Waals surface area contributed by atoms with Gasteiger partial charge in [-0.15, -0.1) is 0 Å². The molecule has 0 saturated carbocycles. The van der Waals surface area contributed by atoms with Crippen molar-refractivity contribution >= 4 is 17.6 Å². The van der Waals surface area contributed by atoms with E-state index in [9.17, 15) is 9.90 Å². The molecule has 2 rings (SSSR count). The van der Waals surface area contributed by atoms with Crippen molar-refractivity contribution in [2.45, 2.75) is 19.3 Å². The van der Waals surface area contributed by atoms with E-state index in [0.29, 0.717) is 24.3 Å². The van der Waals surface area contributed by atoms with Crippen LogP contribution in [0.2, 0.25) is 5.02 Å². The van der Waals surface area contributed by atoms with Crippen molar-refractivity contribution in [2.24, 2.45) is 13.0 Å². The monoisotopic (exact) mass is 292 g/mol. The average Bonchev–Trinajstić information content (AvgIpc) is 2.80. The average molecular weight is 293 g/mol.